The number of rotatable bonds is 8. The lowest BCUT2D eigenvalue weighted by Crippen LogP contribution is -2.40. The Kier molecular flexibility index (Phi) is 7.09. The van der Waals surface area contributed by atoms with Crippen LogP contribution in [0.4, 0.5) is 0 Å². The number of hydrogen-bond acceptors (Lipinski definition) is 6. The van der Waals surface area contributed by atoms with E-state index in [-0.39, 0.29) is 18.5 Å². The first-order chi connectivity index (χ1) is 20.0. The number of hydrogen-bond donors (Lipinski definition) is 1. The summed E-state index contributed by atoms with van der Waals surface area (Å²) in [5, 5.41) is 5.70. The number of esters is 1. The third-order valence-corrected chi connectivity index (χ3v) is 7.55. The van der Waals surface area contributed by atoms with Crippen molar-refractivity contribution in [1.29, 1.82) is 0 Å². The van der Waals surface area contributed by atoms with Crippen LogP contribution in [0.1, 0.15) is 65.1 Å². The molecule has 1 amide bonds. The predicted octanol–water partition coefficient (Wildman–Crippen LogP) is 5.76. The molecule has 0 unspecified atom stereocenters. The Morgan fingerprint density at radius 1 is 1.12 bits per heavy atom. The summed E-state index contributed by atoms with van der Waals surface area (Å²) >= 11 is 0. The summed E-state index contributed by atoms with van der Waals surface area (Å²) < 4.78 is 18.7. The number of carbonyl (C=O) groups is 2. The first-order valence-corrected chi connectivity index (χ1v) is 13.8. The molecule has 0 saturated carbocycles. The monoisotopic (exact) mass is 552 g/mol. The highest BCUT2D eigenvalue weighted by Gasteiger charge is 2.38. The molecule has 1 N–H and O–H groups in total. The van der Waals surface area contributed by atoms with E-state index in [9.17, 15) is 9.59 Å². The SMILES string of the molecule is CCCc1c(C(=O)N2CCc3c([nH]c4ccc(OC)cc34)[C@@H]2c2ccc(COC(C)=O)o2)cnn1-c1ccccc1. The van der Waals surface area contributed by atoms with Crippen molar-refractivity contribution in [3.63, 3.8) is 0 Å². The fourth-order valence-electron chi connectivity index (χ4n) is 5.68. The first-order valence-electron chi connectivity index (χ1n) is 13.8. The average Bonchev–Trinajstić information content (AvgIpc) is 3.72. The van der Waals surface area contributed by atoms with Crippen molar-refractivity contribution in [2.75, 3.05) is 13.7 Å². The Morgan fingerprint density at radius 2 is 1.95 bits per heavy atom. The zero-order valence-corrected chi connectivity index (χ0v) is 23.3. The number of ether oxygens (including phenoxy) is 2. The van der Waals surface area contributed by atoms with Gasteiger partial charge in [0.25, 0.3) is 5.91 Å². The number of aromatic nitrogens is 3. The van der Waals surface area contributed by atoms with E-state index < -0.39 is 6.04 Å². The van der Waals surface area contributed by atoms with Gasteiger partial charge in [0.1, 0.15) is 29.9 Å². The summed E-state index contributed by atoms with van der Waals surface area (Å²) in [5.41, 5.74) is 5.36. The maximum Gasteiger partial charge on any atom is 0.303 e. The molecule has 210 valence electrons. The number of furan rings is 1. The van der Waals surface area contributed by atoms with E-state index in [1.165, 1.54) is 6.92 Å². The highest BCUT2D eigenvalue weighted by molar-refractivity contribution is 5.96. The molecule has 0 bridgehead atoms. The van der Waals surface area contributed by atoms with E-state index in [4.69, 9.17) is 13.9 Å². The van der Waals surface area contributed by atoms with E-state index in [1.807, 2.05) is 64.2 Å². The minimum Gasteiger partial charge on any atom is -0.497 e. The molecule has 9 heteroatoms. The van der Waals surface area contributed by atoms with Crippen LogP contribution in [0.5, 0.6) is 5.75 Å². The van der Waals surface area contributed by atoms with Gasteiger partial charge in [0.2, 0.25) is 0 Å². The van der Waals surface area contributed by atoms with Gasteiger partial charge in [-0.2, -0.15) is 5.10 Å². The molecule has 5 aromatic rings. The third kappa shape index (κ3) is 4.88. The van der Waals surface area contributed by atoms with E-state index in [1.54, 1.807) is 19.4 Å². The second-order valence-corrected chi connectivity index (χ2v) is 10.2. The first kappa shape index (κ1) is 26.4. The molecule has 1 aliphatic rings. The number of nitrogens with one attached hydrogen (secondary N) is 1. The minimum absolute atomic E-state index is 0.0251. The molecule has 4 heterocycles. The molecule has 41 heavy (non-hydrogen) atoms. The number of methoxy groups -OCH3 is 1. The number of nitrogens with zero attached hydrogens (tertiary/aromatic N) is 3. The molecule has 2 aromatic carbocycles. The topological polar surface area (TPSA) is 103 Å². The van der Waals surface area contributed by atoms with E-state index in [2.05, 4.69) is 17.0 Å². The van der Waals surface area contributed by atoms with Crippen LogP contribution in [0.3, 0.4) is 0 Å². The lowest BCUT2D eigenvalue weighted by molar-refractivity contribution is -0.142. The molecule has 3 aromatic heterocycles. The molecule has 0 saturated heterocycles. The predicted molar refractivity (Wildman–Crippen MR) is 153 cm³/mol. The van der Waals surface area contributed by atoms with Gasteiger partial charge >= 0.3 is 5.97 Å². The lowest BCUT2D eigenvalue weighted by Gasteiger charge is -2.34. The van der Waals surface area contributed by atoms with Gasteiger partial charge in [-0.15, -0.1) is 0 Å². The number of aromatic amines is 1. The Bertz CT molecular complexity index is 1710. The minimum atomic E-state index is -0.509. The molecule has 6 rings (SSSR count). The number of fused-ring (bicyclic) bond motifs is 3. The smallest absolute Gasteiger partial charge is 0.303 e. The van der Waals surface area contributed by atoms with Crippen molar-refractivity contribution in [2.45, 2.75) is 45.8 Å². The normalized spacial score (nSPS) is 14.7. The number of para-hydroxylation sites is 1. The van der Waals surface area contributed by atoms with Gasteiger partial charge in [-0.05, 0) is 60.9 Å². The van der Waals surface area contributed by atoms with Gasteiger partial charge in [-0.25, -0.2) is 4.68 Å². The Balaban J connectivity index is 1.44. The van der Waals surface area contributed by atoms with Crippen LogP contribution in [-0.2, 0) is 29.0 Å². The zero-order valence-electron chi connectivity index (χ0n) is 23.3. The second-order valence-electron chi connectivity index (χ2n) is 10.2. The van der Waals surface area contributed by atoms with E-state index in [0.717, 1.165) is 45.7 Å². The van der Waals surface area contributed by atoms with Crippen LogP contribution in [-0.4, -0.2) is 45.2 Å². The van der Waals surface area contributed by atoms with Gasteiger partial charge in [0.15, 0.2) is 0 Å². The number of H-pyrrole nitrogens is 1. The van der Waals surface area contributed by atoms with Crippen molar-refractivity contribution in [3.05, 3.63) is 101 Å². The number of amides is 1. The fraction of sp³-hybridized carbons (Fsp3) is 0.281. The van der Waals surface area contributed by atoms with Crippen LogP contribution < -0.4 is 4.74 Å². The van der Waals surface area contributed by atoms with Crippen molar-refractivity contribution in [2.24, 2.45) is 0 Å². The van der Waals surface area contributed by atoms with Gasteiger partial charge in [0, 0.05) is 24.4 Å². The number of benzene rings is 2. The number of carbonyl (C=O) groups excluding carboxylic acids is 2. The molecule has 0 spiro atoms. The molecular weight excluding hydrogens is 520 g/mol. The maximum absolute atomic E-state index is 14.4. The van der Waals surface area contributed by atoms with E-state index >= 15 is 0 Å². The largest absolute Gasteiger partial charge is 0.497 e. The summed E-state index contributed by atoms with van der Waals surface area (Å²) in [4.78, 5) is 31.2. The van der Waals surface area contributed by atoms with Crippen LogP contribution in [0, 0.1) is 0 Å². The van der Waals surface area contributed by atoms with Crippen molar-refractivity contribution in [3.8, 4) is 11.4 Å². The molecule has 0 radical (unpaired) electrons. The Morgan fingerprint density at radius 3 is 2.71 bits per heavy atom. The second kappa shape index (κ2) is 11.0. The Hall–Kier alpha value is -4.79. The van der Waals surface area contributed by atoms with Gasteiger partial charge in [-0.1, -0.05) is 31.5 Å². The molecule has 0 fully saturated rings. The van der Waals surface area contributed by atoms with Crippen molar-refractivity contribution < 1.29 is 23.5 Å². The molecular formula is C32H32N4O5. The zero-order chi connectivity index (χ0) is 28.5. The van der Waals surface area contributed by atoms with Crippen LogP contribution in [0.2, 0.25) is 0 Å². The summed E-state index contributed by atoms with van der Waals surface area (Å²) in [6.07, 6.45) is 3.92. The molecule has 1 atom stereocenters. The Labute approximate surface area is 237 Å². The van der Waals surface area contributed by atoms with Gasteiger partial charge in [-0.3, -0.25) is 9.59 Å². The summed E-state index contributed by atoms with van der Waals surface area (Å²) in [7, 11) is 1.65. The summed E-state index contributed by atoms with van der Waals surface area (Å²) in [5.74, 6) is 1.38. The van der Waals surface area contributed by atoms with Gasteiger partial charge in [0.05, 0.1) is 35.9 Å². The summed E-state index contributed by atoms with van der Waals surface area (Å²) in [6.45, 7) is 3.97. The highest BCUT2D eigenvalue weighted by Crippen LogP contribution is 2.41. The summed E-state index contributed by atoms with van der Waals surface area (Å²) in [6, 6.07) is 18.9. The molecule has 1 aliphatic heterocycles. The molecule has 9 nitrogen and oxygen atoms in total. The maximum atomic E-state index is 14.4. The average molecular weight is 553 g/mol. The highest BCUT2D eigenvalue weighted by atomic mass is 16.5. The van der Waals surface area contributed by atoms with Crippen LogP contribution >= 0.6 is 0 Å². The standard InChI is InChI=1S/C32H32N4O5/c1-4-8-28-26(18-33-36(28)21-9-6-5-7-10-21)32(38)35-16-15-24-25-17-22(39-3)11-13-27(25)34-30(24)31(35)29-14-12-23(41-29)19-40-20(2)37/h5-7,9-14,17-18,31,34H,4,8,15-16,19H2,1-3H3/t31-/m0/s1. The van der Waals surface area contributed by atoms with Crippen molar-refractivity contribution >= 4 is 22.8 Å². The van der Waals surface area contributed by atoms with Crippen LogP contribution in [0.15, 0.2) is 71.3 Å². The van der Waals surface area contributed by atoms with E-state index in [0.29, 0.717) is 36.5 Å². The van der Waals surface area contributed by atoms with Gasteiger partial charge < -0.3 is 23.8 Å². The van der Waals surface area contributed by atoms with Crippen molar-refractivity contribution in [1.82, 2.24) is 19.7 Å². The quantitative estimate of drug-likeness (QED) is 0.246. The lowest BCUT2D eigenvalue weighted by atomic mass is 9.94. The fourth-order valence-corrected chi connectivity index (χ4v) is 5.68. The van der Waals surface area contributed by atoms with Crippen LogP contribution in [0.25, 0.3) is 16.6 Å². The molecule has 0 aliphatic carbocycles. The third-order valence-electron chi connectivity index (χ3n) is 7.55.